The van der Waals surface area contributed by atoms with E-state index in [9.17, 15) is 28.1 Å². The first kappa shape index (κ1) is 22.7. The highest BCUT2D eigenvalue weighted by molar-refractivity contribution is 7.94. The summed E-state index contributed by atoms with van der Waals surface area (Å²) in [5, 5.41) is 26.7. The summed E-state index contributed by atoms with van der Waals surface area (Å²) < 4.78 is 27.1. The minimum atomic E-state index is -4.23. The van der Waals surface area contributed by atoms with Crippen molar-refractivity contribution >= 4 is 38.8 Å². The molecule has 2 aliphatic carbocycles. The molecule has 0 saturated heterocycles. The van der Waals surface area contributed by atoms with Crippen molar-refractivity contribution < 1.29 is 22.9 Å². The fraction of sp³-hybridized carbons (Fsp3) is 0.125. The molecule has 13 heteroatoms. The van der Waals surface area contributed by atoms with E-state index in [4.69, 9.17) is 0 Å². The molecule has 0 radical (unpaired) electrons. The lowest BCUT2D eigenvalue weighted by Gasteiger charge is -2.25. The van der Waals surface area contributed by atoms with E-state index in [0.29, 0.717) is 5.56 Å². The van der Waals surface area contributed by atoms with Crippen LogP contribution in [0.25, 0.3) is 0 Å². The number of nitro groups is 1. The van der Waals surface area contributed by atoms with Crippen LogP contribution >= 0.6 is 0 Å². The van der Waals surface area contributed by atoms with E-state index in [1.165, 1.54) is 13.0 Å². The van der Waals surface area contributed by atoms with Gasteiger partial charge in [-0.1, -0.05) is 42.5 Å². The number of nitrogens with one attached hydrogen (secondary N) is 1. The Morgan fingerprint density at radius 2 is 1.76 bits per heavy atom. The second-order valence-corrected chi connectivity index (χ2v) is 10.3. The van der Waals surface area contributed by atoms with Crippen molar-refractivity contribution in [1.82, 2.24) is 9.19 Å². The molecule has 1 atom stereocenters. The van der Waals surface area contributed by atoms with E-state index in [2.05, 4.69) is 20.6 Å². The molecule has 0 amide bonds. The number of benzene rings is 2. The Bertz CT molecular complexity index is 1780. The zero-order valence-electron chi connectivity index (χ0n) is 19.1. The lowest BCUT2D eigenvalue weighted by Crippen LogP contribution is -2.31. The molecule has 0 spiro atoms. The van der Waals surface area contributed by atoms with Gasteiger partial charge >= 0.3 is 0 Å². The van der Waals surface area contributed by atoms with Crippen LogP contribution in [-0.2, 0) is 10.0 Å². The lowest BCUT2D eigenvalue weighted by atomic mass is 9.83. The number of hydrogen-bond acceptors (Lipinski definition) is 10. The highest BCUT2D eigenvalue weighted by atomic mass is 32.2. The first-order valence-corrected chi connectivity index (χ1v) is 12.5. The average Bonchev–Trinajstić information content (AvgIpc) is 3.21. The molecule has 6 rings (SSSR count). The predicted molar refractivity (Wildman–Crippen MR) is 130 cm³/mol. The molecular weight excluding hydrogens is 500 g/mol. The van der Waals surface area contributed by atoms with Crippen LogP contribution in [0, 0.1) is 17.0 Å². The van der Waals surface area contributed by atoms with Gasteiger partial charge in [0, 0.05) is 34.1 Å². The number of aromatic nitrogens is 2. The largest absolute Gasteiger partial charge is 0.337 e. The maximum atomic E-state index is 13.2. The number of azo groups is 1. The molecular formula is C24H16N6O6S. The Morgan fingerprint density at radius 1 is 1.05 bits per heavy atom. The van der Waals surface area contributed by atoms with Gasteiger partial charge in [-0.2, -0.15) is 13.5 Å². The van der Waals surface area contributed by atoms with Gasteiger partial charge in [-0.3, -0.25) is 19.7 Å². The van der Waals surface area contributed by atoms with E-state index in [-0.39, 0.29) is 68.2 Å². The molecule has 0 saturated carbocycles. The molecule has 1 aliphatic heterocycles. The Hall–Kier alpha value is -4.78. The molecule has 1 N–H and O–H groups in total. The van der Waals surface area contributed by atoms with E-state index in [0.717, 1.165) is 10.2 Å². The van der Waals surface area contributed by atoms with Crippen molar-refractivity contribution in [3.63, 3.8) is 0 Å². The third-order valence-electron chi connectivity index (χ3n) is 6.39. The number of carbonyl (C=O) groups excluding carboxylic acids is 2. The van der Waals surface area contributed by atoms with Crippen LogP contribution in [0.5, 0.6) is 0 Å². The van der Waals surface area contributed by atoms with Crippen molar-refractivity contribution in [3.05, 3.63) is 103 Å². The first-order valence-electron chi connectivity index (χ1n) is 11.1. The second kappa shape index (κ2) is 7.86. The van der Waals surface area contributed by atoms with Gasteiger partial charge in [-0.25, -0.2) is 0 Å². The fourth-order valence-electron chi connectivity index (χ4n) is 4.59. The van der Waals surface area contributed by atoms with Crippen LogP contribution < -0.4 is 5.32 Å². The minimum Gasteiger partial charge on any atom is -0.337 e. The number of hydrogen-bond donors (Lipinski definition) is 1. The molecule has 1 unspecified atom stereocenters. The topological polar surface area (TPSA) is 166 Å². The van der Waals surface area contributed by atoms with E-state index >= 15 is 0 Å². The van der Waals surface area contributed by atoms with Crippen molar-refractivity contribution in [2.45, 2.75) is 19.4 Å². The maximum Gasteiger partial charge on any atom is 0.286 e. The van der Waals surface area contributed by atoms with Crippen molar-refractivity contribution in [1.29, 1.82) is 0 Å². The van der Waals surface area contributed by atoms with Crippen molar-refractivity contribution in [2.75, 3.05) is 5.32 Å². The number of rotatable bonds is 3. The highest BCUT2D eigenvalue weighted by Gasteiger charge is 2.39. The van der Waals surface area contributed by atoms with E-state index < -0.39 is 21.0 Å². The molecule has 3 aromatic rings. The third kappa shape index (κ3) is 3.27. The predicted octanol–water partition coefficient (Wildman–Crippen LogP) is 3.80. The number of fused-ring (bicyclic) bond motifs is 4. The minimum absolute atomic E-state index is 0.0155. The normalized spacial score (nSPS) is 19.2. The van der Waals surface area contributed by atoms with Crippen LogP contribution in [0.4, 0.5) is 17.2 Å². The molecule has 0 fully saturated rings. The Balaban J connectivity index is 1.44. The summed E-state index contributed by atoms with van der Waals surface area (Å²) in [6.45, 7) is 1.54. The Kier molecular flexibility index (Phi) is 4.82. The lowest BCUT2D eigenvalue weighted by molar-refractivity contribution is -0.508. The van der Waals surface area contributed by atoms with Gasteiger partial charge in [0.2, 0.25) is 6.04 Å². The number of nitrogens with zero attached hydrogens (tertiary/aromatic N) is 5. The van der Waals surface area contributed by atoms with Crippen molar-refractivity contribution in [2.24, 2.45) is 10.2 Å². The zero-order chi connectivity index (χ0) is 26.1. The van der Waals surface area contributed by atoms with Gasteiger partial charge in [0.15, 0.2) is 23.1 Å². The fourth-order valence-corrected chi connectivity index (χ4v) is 6.12. The molecule has 37 heavy (non-hydrogen) atoms. The molecule has 12 nitrogen and oxygen atoms in total. The van der Waals surface area contributed by atoms with E-state index in [1.807, 2.05) is 0 Å². The van der Waals surface area contributed by atoms with Gasteiger partial charge in [-0.05, 0) is 13.0 Å². The van der Waals surface area contributed by atoms with Gasteiger partial charge in [0.1, 0.15) is 4.91 Å². The molecule has 2 aromatic carbocycles. The summed E-state index contributed by atoms with van der Waals surface area (Å²) in [7, 11) is -4.23. The Labute approximate surface area is 209 Å². The molecule has 1 aromatic heterocycles. The quantitative estimate of drug-likeness (QED) is 0.244. The van der Waals surface area contributed by atoms with Gasteiger partial charge < -0.3 is 5.32 Å². The summed E-state index contributed by atoms with van der Waals surface area (Å²) in [6.07, 6.45) is 2.56. The number of ketones is 2. The van der Waals surface area contributed by atoms with Crippen LogP contribution in [0.3, 0.4) is 0 Å². The van der Waals surface area contributed by atoms with Crippen molar-refractivity contribution in [3.8, 4) is 0 Å². The van der Waals surface area contributed by atoms with Gasteiger partial charge in [0.25, 0.3) is 10.0 Å². The zero-order valence-corrected chi connectivity index (χ0v) is 19.9. The smallest absolute Gasteiger partial charge is 0.286 e. The Morgan fingerprint density at radius 3 is 2.49 bits per heavy atom. The summed E-state index contributed by atoms with van der Waals surface area (Å²) in [5.41, 5.74) is 1.56. The highest BCUT2D eigenvalue weighted by Crippen LogP contribution is 2.41. The van der Waals surface area contributed by atoms with Crippen LogP contribution in [0.1, 0.15) is 44.0 Å². The first-order chi connectivity index (χ1) is 17.7. The summed E-state index contributed by atoms with van der Waals surface area (Å²) in [4.78, 5) is 36.6. The second-order valence-electron chi connectivity index (χ2n) is 8.60. The summed E-state index contributed by atoms with van der Waals surface area (Å²) in [6, 6.07) is 10.0. The summed E-state index contributed by atoms with van der Waals surface area (Å²) >= 11 is 0. The van der Waals surface area contributed by atoms with Gasteiger partial charge in [0.05, 0.1) is 22.6 Å². The monoisotopic (exact) mass is 516 g/mol. The number of carbonyl (C=O) groups is 2. The van der Waals surface area contributed by atoms with E-state index in [1.54, 1.807) is 42.5 Å². The van der Waals surface area contributed by atoms with Crippen LogP contribution in [0.2, 0.25) is 0 Å². The molecule has 3 aliphatic rings. The summed E-state index contributed by atoms with van der Waals surface area (Å²) in [5.74, 6) is -0.649. The maximum absolute atomic E-state index is 13.2. The third-order valence-corrected chi connectivity index (χ3v) is 8.02. The SMILES string of the molecule is Cc1nn2c(c1N=Nc1cccc3c1C(=O)c1ccccc1C3=O)NC1=CCC([N+](=O)[O-])C=C1S2(=O)=O. The molecule has 0 bridgehead atoms. The average molecular weight is 516 g/mol. The van der Waals surface area contributed by atoms with Gasteiger partial charge in [-0.15, -0.1) is 14.3 Å². The molecule has 2 heterocycles. The van der Waals surface area contributed by atoms with Crippen LogP contribution in [0.15, 0.2) is 75.4 Å². The van der Waals surface area contributed by atoms with Crippen LogP contribution in [-0.4, -0.2) is 40.1 Å². The number of aryl methyl sites for hydroxylation is 1. The molecule has 184 valence electrons. The number of anilines is 1. The standard InChI is InChI=1S/C24H16N6O6S/c1-12-21(24-25-17-10-9-13(30(33)34)11-19(17)37(35,36)29(24)28-12)27-26-18-8-4-7-16-20(18)23(32)15-6-3-2-5-14(15)22(16)31/h2-8,10-11,13,25H,9H2,1H3.